The maximum absolute atomic E-state index is 2.12. The third-order valence-electron chi connectivity index (χ3n) is 2.17. The molecule has 0 atom stereocenters. The minimum atomic E-state index is 1.21. The van der Waals surface area contributed by atoms with Gasteiger partial charge >= 0.3 is 0 Å². The molecule has 0 saturated carbocycles. The highest BCUT2D eigenvalue weighted by atomic mass is 15.0. The van der Waals surface area contributed by atoms with Crippen LogP contribution in [0.5, 0.6) is 0 Å². The molecule has 0 spiro atoms. The van der Waals surface area contributed by atoms with Gasteiger partial charge in [-0.2, -0.15) is 0 Å². The fourth-order valence-corrected chi connectivity index (χ4v) is 1.45. The van der Waals surface area contributed by atoms with Crippen molar-refractivity contribution in [2.75, 3.05) is 0 Å². The van der Waals surface area contributed by atoms with Crippen LogP contribution in [0, 0.1) is 0 Å². The van der Waals surface area contributed by atoms with Crippen molar-refractivity contribution in [3.63, 3.8) is 0 Å². The molecule has 58 valence electrons. The summed E-state index contributed by atoms with van der Waals surface area (Å²) in [5.74, 6) is 0. The molecule has 0 fully saturated rings. The van der Waals surface area contributed by atoms with Crippen molar-refractivity contribution in [1.82, 2.24) is 8.97 Å². The lowest BCUT2D eigenvalue weighted by molar-refractivity contribution is 0.948. The van der Waals surface area contributed by atoms with Gasteiger partial charge in [0.1, 0.15) is 0 Å². The molecule has 1 aromatic heterocycles. The largest absolute Gasteiger partial charge is 0.320 e. The van der Waals surface area contributed by atoms with Gasteiger partial charge < -0.3 is 8.97 Å². The zero-order valence-corrected chi connectivity index (χ0v) is 6.51. The summed E-state index contributed by atoms with van der Waals surface area (Å²) in [7, 11) is 0. The lowest BCUT2D eigenvalue weighted by Gasteiger charge is -2.15. The molecule has 0 amide bonds. The first-order valence-electron chi connectivity index (χ1n) is 3.97. The molecule has 0 radical (unpaired) electrons. The lowest BCUT2D eigenvalue weighted by atomic mass is 10.3. The number of rotatable bonds is 0. The molecule has 0 aliphatic carbocycles. The Balaban J connectivity index is 2.52. The second-order valence-corrected chi connectivity index (χ2v) is 2.94. The van der Waals surface area contributed by atoms with E-state index >= 15 is 0 Å². The van der Waals surface area contributed by atoms with Gasteiger partial charge in [-0.05, 0) is 18.2 Å². The summed E-state index contributed by atoms with van der Waals surface area (Å²) in [6.07, 6.45) is 8.36. The van der Waals surface area contributed by atoms with Crippen molar-refractivity contribution in [2.45, 2.75) is 0 Å². The summed E-state index contributed by atoms with van der Waals surface area (Å²) < 4.78 is 4.24. The lowest BCUT2D eigenvalue weighted by Crippen LogP contribution is -2.04. The van der Waals surface area contributed by atoms with Crippen LogP contribution < -0.4 is 0 Å². The Bertz CT molecular complexity index is 443. The topological polar surface area (TPSA) is 9.34 Å². The predicted octanol–water partition coefficient (Wildman–Crippen LogP) is 2.17. The van der Waals surface area contributed by atoms with Crippen LogP contribution in [-0.2, 0) is 0 Å². The molecule has 12 heavy (non-hydrogen) atoms. The van der Waals surface area contributed by atoms with Crippen molar-refractivity contribution in [2.24, 2.45) is 0 Å². The molecule has 0 unspecified atom stereocenters. The van der Waals surface area contributed by atoms with E-state index < -0.39 is 0 Å². The molecule has 3 heterocycles. The van der Waals surface area contributed by atoms with Gasteiger partial charge in [0.25, 0.3) is 0 Å². The van der Waals surface area contributed by atoms with Crippen LogP contribution in [0.25, 0.3) is 11.2 Å². The first kappa shape index (κ1) is 5.89. The van der Waals surface area contributed by atoms with Crippen LogP contribution in [0.2, 0.25) is 0 Å². The second kappa shape index (κ2) is 1.91. The second-order valence-electron chi connectivity index (χ2n) is 2.94. The van der Waals surface area contributed by atoms with Gasteiger partial charge in [0.15, 0.2) is 0 Å². The summed E-state index contributed by atoms with van der Waals surface area (Å²) in [5.41, 5.74) is 2.46. The van der Waals surface area contributed by atoms with Crippen LogP contribution in [0.3, 0.4) is 0 Å². The SMILES string of the molecule is c1ccn2cc3ccn-3cc2c1. The zero-order chi connectivity index (χ0) is 7.97. The summed E-state index contributed by atoms with van der Waals surface area (Å²) in [4.78, 5) is 0. The van der Waals surface area contributed by atoms with Gasteiger partial charge in [0.05, 0.1) is 11.2 Å². The highest BCUT2D eigenvalue weighted by molar-refractivity contribution is 5.50. The third kappa shape index (κ3) is 0.639. The summed E-state index contributed by atoms with van der Waals surface area (Å²) >= 11 is 0. The Kier molecular flexibility index (Phi) is 0.939. The van der Waals surface area contributed by atoms with Crippen molar-refractivity contribution < 1.29 is 0 Å². The Morgan fingerprint density at radius 3 is 2.75 bits per heavy atom. The van der Waals surface area contributed by atoms with Crippen LogP contribution in [0.4, 0.5) is 0 Å². The van der Waals surface area contributed by atoms with Gasteiger partial charge in [-0.3, -0.25) is 0 Å². The van der Waals surface area contributed by atoms with E-state index in [-0.39, 0.29) is 0 Å². The van der Waals surface area contributed by atoms with E-state index in [1.165, 1.54) is 11.2 Å². The molecule has 3 rings (SSSR count). The van der Waals surface area contributed by atoms with Crippen LogP contribution in [0.15, 0.2) is 49.1 Å². The van der Waals surface area contributed by atoms with E-state index in [0.717, 1.165) is 0 Å². The molecule has 2 aliphatic rings. The Hall–Kier alpha value is -1.70. The molecular formula is C10H8N2. The number of hydrogen-bond donors (Lipinski definition) is 0. The summed E-state index contributed by atoms with van der Waals surface area (Å²) in [6, 6.07) is 8.27. The van der Waals surface area contributed by atoms with Crippen LogP contribution in [0.1, 0.15) is 0 Å². The van der Waals surface area contributed by atoms with Gasteiger partial charge in [-0.1, -0.05) is 6.07 Å². The predicted molar refractivity (Wildman–Crippen MR) is 47.9 cm³/mol. The standard InChI is InChI=1S/C10H8N2/c1-2-5-11-8-10-4-6-12(10)7-9(11)3-1/h1-8H. The molecule has 2 nitrogen and oxygen atoms in total. The summed E-state index contributed by atoms with van der Waals surface area (Å²) in [5, 5.41) is 0. The van der Waals surface area contributed by atoms with Crippen molar-refractivity contribution in [3.05, 3.63) is 49.1 Å². The number of aromatic nitrogens is 2. The average molecular weight is 156 g/mol. The van der Waals surface area contributed by atoms with Gasteiger partial charge in [0, 0.05) is 24.8 Å². The van der Waals surface area contributed by atoms with E-state index in [1.807, 2.05) is 12.1 Å². The van der Waals surface area contributed by atoms with Gasteiger partial charge in [-0.25, -0.2) is 0 Å². The fourth-order valence-electron chi connectivity index (χ4n) is 1.45. The van der Waals surface area contributed by atoms with Gasteiger partial charge in [0.2, 0.25) is 0 Å². The first-order chi connectivity index (χ1) is 5.93. The van der Waals surface area contributed by atoms with E-state index in [2.05, 4.69) is 45.9 Å². The molecule has 2 aliphatic heterocycles. The minimum Gasteiger partial charge on any atom is -0.320 e. The van der Waals surface area contributed by atoms with E-state index in [0.29, 0.717) is 0 Å². The highest BCUT2D eigenvalue weighted by Crippen LogP contribution is 2.15. The minimum absolute atomic E-state index is 1.21. The monoisotopic (exact) mass is 156 g/mol. The number of nitrogens with zero attached hydrogens (tertiary/aromatic N) is 2. The molecule has 0 bridgehead atoms. The maximum atomic E-state index is 2.12. The van der Waals surface area contributed by atoms with Gasteiger partial charge in [-0.15, -0.1) is 0 Å². The highest BCUT2D eigenvalue weighted by Gasteiger charge is 2.01. The number of fused-ring (bicyclic) bond motifs is 2. The third-order valence-corrected chi connectivity index (χ3v) is 2.17. The average Bonchev–Trinajstić information content (AvgIpc) is 2.09. The van der Waals surface area contributed by atoms with Crippen molar-refractivity contribution in [1.29, 1.82) is 0 Å². The van der Waals surface area contributed by atoms with Crippen LogP contribution in [-0.4, -0.2) is 8.97 Å². The summed E-state index contributed by atoms with van der Waals surface area (Å²) in [6.45, 7) is 0. The molecule has 0 saturated heterocycles. The molecule has 2 heteroatoms. The number of pyridine rings is 1. The van der Waals surface area contributed by atoms with Crippen molar-refractivity contribution >= 4 is 5.52 Å². The van der Waals surface area contributed by atoms with Crippen LogP contribution >= 0.6 is 0 Å². The quantitative estimate of drug-likeness (QED) is 0.472. The smallest absolute Gasteiger partial charge is 0.0631 e. The molecule has 1 aromatic rings. The fraction of sp³-hybridized carbons (Fsp3) is 0. The molecule has 0 aromatic carbocycles. The maximum Gasteiger partial charge on any atom is 0.0631 e. The first-order valence-corrected chi connectivity index (χ1v) is 3.97. The molecule has 0 N–H and O–H groups in total. The van der Waals surface area contributed by atoms with E-state index in [4.69, 9.17) is 0 Å². The molecular weight excluding hydrogens is 148 g/mol. The van der Waals surface area contributed by atoms with E-state index in [9.17, 15) is 0 Å². The number of hydrogen-bond acceptors (Lipinski definition) is 0. The Labute approximate surface area is 70.0 Å². The van der Waals surface area contributed by atoms with Crippen molar-refractivity contribution in [3.8, 4) is 5.69 Å². The normalized spacial score (nSPS) is 11.3. The van der Waals surface area contributed by atoms with E-state index in [1.54, 1.807) is 0 Å². The Morgan fingerprint density at radius 1 is 0.917 bits per heavy atom. The zero-order valence-electron chi connectivity index (χ0n) is 6.51. The Morgan fingerprint density at radius 2 is 1.92 bits per heavy atom.